The lowest BCUT2D eigenvalue weighted by Gasteiger charge is -2.11. The van der Waals surface area contributed by atoms with Crippen LogP contribution in [0.5, 0.6) is 5.75 Å². The second-order valence-corrected chi connectivity index (χ2v) is 8.86. The Morgan fingerprint density at radius 1 is 1.17 bits per heavy atom. The van der Waals surface area contributed by atoms with E-state index in [1.54, 1.807) is 32.0 Å². The largest absolute Gasteiger partial charge is 0.495 e. The minimum Gasteiger partial charge on any atom is -0.495 e. The number of rotatable bonds is 7. The molecule has 30 heavy (non-hydrogen) atoms. The van der Waals surface area contributed by atoms with Gasteiger partial charge in [-0.25, -0.2) is 12.8 Å². The molecule has 0 bridgehead atoms. The Labute approximate surface area is 173 Å². The van der Waals surface area contributed by atoms with Crippen molar-refractivity contribution in [2.24, 2.45) is 0 Å². The molecule has 3 aromatic rings. The maximum Gasteiger partial charge on any atom is 0.225 e. The first kappa shape index (κ1) is 21.5. The number of nitrogens with zero attached hydrogens (tertiary/aromatic N) is 1. The van der Waals surface area contributed by atoms with Gasteiger partial charge in [0.2, 0.25) is 5.91 Å². The minimum absolute atomic E-state index is 0.0502. The van der Waals surface area contributed by atoms with Gasteiger partial charge in [0.15, 0.2) is 15.6 Å². The zero-order chi connectivity index (χ0) is 21.9. The first-order chi connectivity index (χ1) is 14.2. The molecule has 1 aromatic heterocycles. The van der Waals surface area contributed by atoms with Crippen molar-refractivity contribution in [2.75, 3.05) is 18.2 Å². The minimum atomic E-state index is -3.85. The number of nitrogens with one attached hydrogen (secondary N) is 1. The molecule has 0 radical (unpaired) electrons. The molecule has 0 saturated carbocycles. The fourth-order valence-corrected chi connectivity index (χ4v) is 4.24. The highest BCUT2D eigenvalue weighted by molar-refractivity contribution is 7.91. The molecule has 1 heterocycles. The molecule has 2 aromatic carbocycles. The second-order valence-electron chi connectivity index (χ2n) is 6.78. The molecule has 0 aliphatic heterocycles. The number of anilines is 1. The number of benzene rings is 2. The lowest BCUT2D eigenvalue weighted by Crippen LogP contribution is -2.18. The fourth-order valence-electron chi connectivity index (χ4n) is 2.80. The van der Waals surface area contributed by atoms with E-state index in [-0.39, 0.29) is 22.8 Å². The lowest BCUT2D eigenvalue weighted by atomic mass is 10.1. The quantitative estimate of drug-likeness (QED) is 0.608. The van der Waals surface area contributed by atoms with Crippen LogP contribution in [0.2, 0.25) is 0 Å². The first-order valence-electron chi connectivity index (χ1n) is 9.10. The number of amides is 1. The predicted molar refractivity (Wildman–Crippen MR) is 110 cm³/mol. The Hall–Kier alpha value is -3.20. The standard InChI is InChI=1S/C21H21FN2O5S/c1-13-4-6-16(12-17(13)22)23-21(25)8-9-30(26,27)20-11-15(5-7-18(20)28-3)19-10-14(2)24-29-19/h4-7,10-12H,8-9H2,1-3H3,(H,23,25). The zero-order valence-corrected chi connectivity index (χ0v) is 17.5. The number of carbonyl (C=O) groups is 1. The summed E-state index contributed by atoms with van der Waals surface area (Å²) in [7, 11) is -2.48. The summed E-state index contributed by atoms with van der Waals surface area (Å²) in [6, 6.07) is 10.6. The number of hydrogen-bond acceptors (Lipinski definition) is 6. The van der Waals surface area contributed by atoms with Crippen LogP contribution in [0.25, 0.3) is 11.3 Å². The molecule has 1 amide bonds. The first-order valence-corrected chi connectivity index (χ1v) is 10.8. The summed E-state index contributed by atoms with van der Waals surface area (Å²) in [5, 5.41) is 6.31. The van der Waals surface area contributed by atoms with E-state index in [0.29, 0.717) is 22.6 Å². The van der Waals surface area contributed by atoms with Gasteiger partial charge in [-0.3, -0.25) is 4.79 Å². The summed E-state index contributed by atoms with van der Waals surface area (Å²) < 4.78 is 49.8. The normalized spacial score (nSPS) is 11.3. The molecule has 7 nitrogen and oxygen atoms in total. The number of methoxy groups -OCH3 is 1. The van der Waals surface area contributed by atoms with E-state index in [1.807, 2.05) is 0 Å². The van der Waals surface area contributed by atoms with Crippen LogP contribution in [0.1, 0.15) is 17.7 Å². The third-order valence-corrected chi connectivity index (χ3v) is 6.20. The fraction of sp³-hybridized carbons (Fsp3) is 0.238. The number of sulfone groups is 1. The molecule has 0 atom stereocenters. The SMILES string of the molecule is COc1ccc(-c2cc(C)no2)cc1S(=O)(=O)CCC(=O)Nc1ccc(C)c(F)c1. The van der Waals surface area contributed by atoms with Crippen LogP contribution in [0, 0.1) is 19.7 Å². The van der Waals surface area contributed by atoms with Crippen molar-refractivity contribution in [3.63, 3.8) is 0 Å². The Bertz CT molecular complexity index is 1190. The Balaban J connectivity index is 1.77. The van der Waals surface area contributed by atoms with Gasteiger partial charge in [-0.1, -0.05) is 11.2 Å². The molecule has 1 N–H and O–H groups in total. The van der Waals surface area contributed by atoms with Crippen LogP contribution in [0.15, 0.2) is 51.9 Å². The predicted octanol–water partition coefficient (Wildman–Crippen LogP) is 3.91. The molecule has 9 heteroatoms. The van der Waals surface area contributed by atoms with Crippen LogP contribution in [0.3, 0.4) is 0 Å². The van der Waals surface area contributed by atoms with E-state index in [1.165, 1.54) is 31.4 Å². The molecule has 0 fully saturated rings. The van der Waals surface area contributed by atoms with Crippen molar-refractivity contribution in [3.8, 4) is 17.1 Å². The van der Waals surface area contributed by atoms with Gasteiger partial charge >= 0.3 is 0 Å². The third-order valence-electron chi connectivity index (χ3n) is 4.46. The number of halogens is 1. The monoisotopic (exact) mass is 432 g/mol. The number of carbonyl (C=O) groups excluding carboxylic acids is 1. The summed E-state index contributed by atoms with van der Waals surface area (Å²) in [6.45, 7) is 3.36. The van der Waals surface area contributed by atoms with E-state index in [4.69, 9.17) is 9.26 Å². The summed E-state index contributed by atoms with van der Waals surface area (Å²) >= 11 is 0. The second kappa shape index (κ2) is 8.66. The number of hydrogen-bond donors (Lipinski definition) is 1. The molecule has 0 unspecified atom stereocenters. The van der Waals surface area contributed by atoms with Gasteiger partial charge in [-0.05, 0) is 49.7 Å². The topological polar surface area (TPSA) is 98.5 Å². The lowest BCUT2D eigenvalue weighted by molar-refractivity contribution is -0.115. The Morgan fingerprint density at radius 2 is 1.93 bits per heavy atom. The van der Waals surface area contributed by atoms with Crippen molar-refractivity contribution < 1.29 is 26.9 Å². The van der Waals surface area contributed by atoms with Crippen molar-refractivity contribution in [3.05, 3.63) is 59.5 Å². The van der Waals surface area contributed by atoms with Crippen LogP contribution in [-0.4, -0.2) is 32.3 Å². The smallest absolute Gasteiger partial charge is 0.225 e. The van der Waals surface area contributed by atoms with Gasteiger partial charge in [-0.15, -0.1) is 0 Å². The molecule has 0 aliphatic rings. The number of aromatic nitrogens is 1. The van der Waals surface area contributed by atoms with Gasteiger partial charge in [0, 0.05) is 23.7 Å². The van der Waals surface area contributed by atoms with Gasteiger partial charge in [-0.2, -0.15) is 0 Å². The summed E-state index contributed by atoms with van der Waals surface area (Å²) in [4.78, 5) is 12.1. The van der Waals surface area contributed by atoms with Crippen molar-refractivity contribution in [1.82, 2.24) is 5.16 Å². The molecule has 3 rings (SSSR count). The van der Waals surface area contributed by atoms with E-state index in [9.17, 15) is 17.6 Å². The van der Waals surface area contributed by atoms with Crippen molar-refractivity contribution in [1.29, 1.82) is 0 Å². The van der Waals surface area contributed by atoms with Gasteiger partial charge in [0.1, 0.15) is 16.5 Å². The van der Waals surface area contributed by atoms with Crippen molar-refractivity contribution in [2.45, 2.75) is 25.2 Å². The van der Waals surface area contributed by atoms with Gasteiger partial charge < -0.3 is 14.6 Å². The van der Waals surface area contributed by atoms with E-state index < -0.39 is 27.3 Å². The van der Waals surface area contributed by atoms with E-state index in [0.717, 1.165) is 0 Å². The van der Waals surface area contributed by atoms with Crippen LogP contribution in [0.4, 0.5) is 10.1 Å². The van der Waals surface area contributed by atoms with Gasteiger partial charge in [0.05, 0.1) is 18.6 Å². The molecule has 158 valence electrons. The van der Waals surface area contributed by atoms with Crippen LogP contribution in [-0.2, 0) is 14.6 Å². The maximum absolute atomic E-state index is 13.6. The van der Waals surface area contributed by atoms with Crippen molar-refractivity contribution >= 4 is 21.4 Å². The molecule has 0 spiro atoms. The summed E-state index contributed by atoms with van der Waals surface area (Å²) in [6.07, 6.45) is -0.299. The van der Waals surface area contributed by atoms with E-state index >= 15 is 0 Å². The number of aryl methyl sites for hydroxylation is 2. The van der Waals surface area contributed by atoms with Crippen LogP contribution < -0.4 is 10.1 Å². The molecule has 0 saturated heterocycles. The maximum atomic E-state index is 13.6. The zero-order valence-electron chi connectivity index (χ0n) is 16.7. The highest BCUT2D eigenvalue weighted by atomic mass is 32.2. The highest BCUT2D eigenvalue weighted by Gasteiger charge is 2.23. The van der Waals surface area contributed by atoms with E-state index in [2.05, 4.69) is 10.5 Å². The summed E-state index contributed by atoms with van der Waals surface area (Å²) in [5.41, 5.74) is 1.90. The molecular weight excluding hydrogens is 411 g/mol. The van der Waals surface area contributed by atoms with Crippen LogP contribution >= 0.6 is 0 Å². The highest BCUT2D eigenvalue weighted by Crippen LogP contribution is 2.31. The average Bonchev–Trinajstić information content (AvgIpc) is 3.15. The number of ether oxygens (including phenoxy) is 1. The summed E-state index contributed by atoms with van der Waals surface area (Å²) in [5.74, 6) is -0.850. The molecule has 0 aliphatic carbocycles. The van der Waals surface area contributed by atoms with Gasteiger partial charge in [0.25, 0.3) is 0 Å². The average molecular weight is 432 g/mol. The molecular formula is C21H21FN2O5S. The Kier molecular flexibility index (Phi) is 6.21. The Morgan fingerprint density at radius 3 is 2.57 bits per heavy atom. The third kappa shape index (κ3) is 4.85.